The van der Waals surface area contributed by atoms with E-state index in [1.165, 1.54) is 11.1 Å². The van der Waals surface area contributed by atoms with Gasteiger partial charge in [0.1, 0.15) is 0 Å². The largest absolute Gasteiger partial charge is 0.493 e. The summed E-state index contributed by atoms with van der Waals surface area (Å²) in [4.78, 5) is 17.5. The molecule has 0 saturated carbocycles. The third-order valence-corrected chi connectivity index (χ3v) is 6.83. The number of hydrogen-bond donors (Lipinski definition) is 0. The predicted molar refractivity (Wildman–Crippen MR) is 124 cm³/mol. The van der Waals surface area contributed by atoms with Crippen LogP contribution in [-0.2, 0) is 17.9 Å². The molecule has 6 nitrogen and oxygen atoms in total. The lowest BCUT2D eigenvalue weighted by molar-refractivity contribution is -0.142. The number of benzene rings is 2. The van der Waals surface area contributed by atoms with Gasteiger partial charge in [0.2, 0.25) is 11.7 Å². The zero-order valence-electron chi connectivity index (χ0n) is 19.6. The van der Waals surface area contributed by atoms with E-state index in [-0.39, 0.29) is 11.9 Å². The first-order valence-electron chi connectivity index (χ1n) is 11.4. The molecule has 0 radical (unpaired) electrons. The number of hydrogen-bond acceptors (Lipinski definition) is 5. The molecule has 0 N–H and O–H groups in total. The second-order valence-electron chi connectivity index (χ2n) is 8.93. The number of carbonyl (C=O) groups excluding carboxylic acids is 1. The van der Waals surface area contributed by atoms with Crippen molar-refractivity contribution in [1.82, 2.24) is 9.80 Å². The van der Waals surface area contributed by atoms with Gasteiger partial charge in [-0.05, 0) is 48.9 Å². The van der Waals surface area contributed by atoms with E-state index >= 15 is 0 Å². The number of aryl methyl sites for hydroxylation is 1. The van der Waals surface area contributed by atoms with E-state index in [4.69, 9.17) is 14.2 Å². The Balaban J connectivity index is 1.47. The molecule has 2 aliphatic rings. The van der Waals surface area contributed by atoms with Crippen LogP contribution < -0.4 is 14.2 Å². The van der Waals surface area contributed by atoms with E-state index in [9.17, 15) is 4.79 Å². The van der Waals surface area contributed by atoms with Crippen molar-refractivity contribution in [3.8, 4) is 17.2 Å². The van der Waals surface area contributed by atoms with Crippen LogP contribution in [0.15, 0.2) is 36.4 Å². The summed E-state index contributed by atoms with van der Waals surface area (Å²) in [6.45, 7) is 5.71. The van der Waals surface area contributed by atoms with Gasteiger partial charge in [-0.25, -0.2) is 0 Å². The van der Waals surface area contributed by atoms with Crippen molar-refractivity contribution >= 4 is 5.91 Å². The molecule has 6 heteroatoms. The Kier molecular flexibility index (Phi) is 6.89. The summed E-state index contributed by atoms with van der Waals surface area (Å²) in [6, 6.07) is 13.0. The van der Waals surface area contributed by atoms with Crippen LogP contribution in [0.1, 0.15) is 36.0 Å². The highest BCUT2D eigenvalue weighted by Gasteiger charge is 2.39. The van der Waals surface area contributed by atoms with Crippen molar-refractivity contribution in [3.05, 3.63) is 53.1 Å². The molecular formula is C26H34N2O4. The molecule has 2 saturated heterocycles. The van der Waals surface area contributed by atoms with Crippen molar-refractivity contribution in [3.63, 3.8) is 0 Å². The molecule has 0 aromatic heterocycles. The molecule has 2 fully saturated rings. The number of amides is 1. The van der Waals surface area contributed by atoms with Crippen molar-refractivity contribution in [2.75, 3.05) is 34.4 Å². The molecule has 172 valence electrons. The lowest BCUT2D eigenvalue weighted by Crippen LogP contribution is -2.55. The third-order valence-electron chi connectivity index (χ3n) is 6.83. The Morgan fingerprint density at radius 1 is 0.906 bits per heavy atom. The maximum absolute atomic E-state index is 12.9. The number of nitrogens with zero attached hydrogens (tertiary/aromatic N) is 2. The van der Waals surface area contributed by atoms with Crippen LogP contribution in [0.5, 0.6) is 17.2 Å². The number of likely N-dealkylation sites (tertiary alicyclic amines) is 2. The van der Waals surface area contributed by atoms with Crippen molar-refractivity contribution in [2.45, 2.75) is 45.3 Å². The minimum atomic E-state index is 0.243. The van der Waals surface area contributed by atoms with E-state index in [2.05, 4.69) is 41.0 Å². The standard InChI is InChI=1S/C26H34N2O4/c1-18-5-7-19(8-6-18)15-27-12-11-22-21(17-27)9-10-25(29)28(22)16-20-13-23(30-2)26(32-4)24(14-20)31-3/h5-8,13-14,21-22H,9-12,15-17H2,1-4H3/t21-,22+/m0/s1. The highest BCUT2D eigenvalue weighted by Crippen LogP contribution is 2.40. The lowest BCUT2D eigenvalue weighted by Gasteiger charge is -2.47. The van der Waals surface area contributed by atoms with E-state index < -0.39 is 0 Å². The third kappa shape index (κ3) is 4.70. The molecule has 2 aromatic rings. The molecule has 0 bridgehead atoms. The van der Waals surface area contributed by atoms with Crippen LogP contribution in [0.4, 0.5) is 0 Å². The minimum absolute atomic E-state index is 0.243. The Morgan fingerprint density at radius 2 is 1.59 bits per heavy atom. The highest BCUT2D eigenvalue weighted by molar-refractivity contribution is 5.77. The normalized spacial score (nSPS) is 21.2. The zero-order chi connectivity index (χ0) is 22.7. The van der Waals surface area contributed by atoms with Gasteiger partial charge in [0.25, 0.3) is 0 Å². The highest BCUT2D eigenvalue weighted by atomic mass is 16.5. The molecule has 0 spiro atoms. The van der Waals surface area contributed by atoms with Crippen LogP contribution >= 0.6 is 0 Å². The number of fused-ring (bicyclic) bond motifs is 1. The fraction of sp³-hybridized carbons (Fsp3) is 0.500. The molecular weight excluding hydrogens is 404 g/mol. The Hall–Kier alpha value is -2.73. The first-order valence-corrected chi connectivity index (χ1v) is 11.4. The van der Waals surface area contributed by atoms with E-state index in [1.807, 2.05) is 12.1 Å². The molecule has 0 unspecified atom stereocenters. The maximum atomic E-state index is 12.9. The second-order valence-corrected chi connectivity index (χ2v) is 8.93. The van der Waals surface area contributed by atoms with Gasteiger partial charge in [-0.15, -0.1) is 0 Å². The summed E-state index contributed by atoms with van der Waals surface area (Å²) in [6.07, 6.45) is 2.59. The Morgan fingerprint density at radius 3 is 2.22 bits per heavy atom. The molecule has 2 heterocycles. The van der Waals surface area contributed by atoms with Crippen molar-refractivity contribution < 1.29 is 19.0 Å². The number of carbonyl (C=O) groups is 1. The summed E-state index contributed by atoms with van der Waals surface area (Å²) in [7, 11) is 4.84. The number of methoxy groups -OCH3 is 3. The SMILES string of the molecule is COc1cc(CN2C(=O)CC[C@H]3CN(Cc4ccc(C)cc4)CC[C@H]32)cc(OC)c1OC. The number of ether oxygens (including phenoxy) is 3. The topological polar surface area (TPSA) is 51.2 Å². The quantitative estimate of drug-likeness (QED) is 0.653. The molecule has 2 aromatic carbocycles. The molecule has 2 aliphatic heterocycles. The van der Waals surface area contributed by atoms with E-state index in [0.717, 1.165) is 38.0 Å². The molecule has 32 heavy (non-hydrogen) atoms. The monoisotopic (exact) mass is 438 g/mol. The predicted octanol–water partition coefficient (Wildman–Crippen LogP) is 4.03. The van der Waals surface area contributed by atoms with Crippen LogP contribution in [0.2, 0.25) is 0 Å². The molecule has 0 aliphatic carbocycles. The summed E-state index contributed by atoms with van der Waals surface area (Å²) in [5, 5.41) is 0. The minimum Gasteiger partial charge on any atom is -0.493 e. The number of piperidine rings is 2. The Bertz CT molecular complexity index is 918. The van der Waals surface area contributed by atoms with E-state index in [1.54, 1.807) is 21.3 Å². The van der Waals surface area contributed by atoms with Gasteiger partial charge in [0, 0.05) is 38.6 Å². The van der Waals surface area contributed by atoms with Crippen LogP contribution in [0.3, 0.4) is 0 Å². The van der Waals surface area contributed by atoms with Gasteiger partial charge in [0.05, 0.1) is 21.3 Å². The molecule has 4 rings (SSSR count). The van der Waals surface area contributed by atoms with Crippen molar-refractivity contribution in [2.24, 2.45) is 5.92 Å². The maximum Gasteiger partial charge on any atom is 0.223 e. The van der Waals surface area contributed by atoms with Gasteiger partial charge in [-0.3, -0.25) is 9.69 Å². The average Bonchev–Trinajstić information content (AvgIpc) is 2.81. The average molecular weight is 439 g/mol. The Labute approximate surface area is 191 Å². The smallest absolute Gasteiger partial charge is 0.223 e. The fourth-order valence-corrected chi connectivity index (χ4v) is 5.15. The van der Waals surface area contributed by atoms with Crippen LogP contribution in [0.25, 0.3) is 0 Å². The summed E-state index contributed by atoms with van der Waals surface area (Å²) in [5.74, 6) is 2.57. The summed E-state index contributed by atoms with van der Waals surface area (Å²) >= 11 is 0. The van der Waals surface area contributed by atoms with Gasteiger partial charge < -0.3 is 19.1 Å². The lowest BCUT2D eigenvalue weighted by atomic mass is 9.83. The van der Waals surface area contributed by atoms with Crippen LogP contribution in [-0.4, -0.2) is 56.2 Å². The molecule has 2 atom stereocenters. The zero-order valence-corrected chi connectivity index (χ0v) is 19.6. The summed E-state index contributed by atoms with van der Waals surface area (Å²) < 4.78 is 16.5. The van der Waals surface area contributed by atoms with Gasteiger partial charge in [0.15, 0.2) is 11.5 Å². The summed E-state index contributed by atoms with van der Waals surface area (Å²) in [5.41, 5.74) is 3.64. The van der Waals surface area contributed by atoms with Gasteiger partial charge in [-0.2, -0.15) is 0 Å². The number of rotatable bonds is 7. The van der Waals surface area contributed by atoms with Gasteiger partial charge in [-0.1, -0.05) is 29.8 Å². The van der Waals surface area contributed by atoms with Crippen molar-refractivity contribution in [1.29, 1.82) is 0 Å². The van der Waals surface area contributed by atoms with Crippen LogP contribution in [0, 0.1) is 12.8 Å². The molecule has 1 amide bonds. The van der Waals surface area contributed by atoms with Gasteiger partial charge >= 0.3 is 0 Å². The first-order chi connectivity index (χ1) is 15.5. The second kappa shape index (κ2) is 9.82. The first kappa shape index (κ1) is 22.5. The van der Waals surface area contributed by atoms with E-state index in [0.29, 0.717) is 36.1 Å². The fourth-order valence-electron chi connectivity index (χ4n) is 5.15.